The minimum Gasteiger partial charge on any atom is -0.269 e. The lowest BCUT2D eigenvalue weighted by atomic mass is 10.4. The molecule has 0 aliphatic heterocycles. The van der Waals surface area contributed by atoms with Crippen molar-refractivity contribution < 1.29 is 8.42 Å². The first kappa shape index (κ1) is 12.5. The van der Waals surface area contributed by atoms with Crippen molar-refractivity contribution in [3.05, 3.63) is 24.5 Å². The van der Waals surface area contributed by atoms with Gasteiger partial charge in [-0.15, -0.1) is 0 Å². The summed E-state index contributed by atoms with van der Waals surface area (Å²) in [5, 5.41) is 7.64. The SMILES string of the molecule is CCN(c1ccncc1)S(=O)(=O)C(C)C#N. The van der Waals surface area contributed by atoms with Crippen LogP contribution in [0.4, 0.5) is 5.69 Å². The van der Waals surface area contributed by atoms with E-state index in [9.17, 15) is 8.42 Å². The summed E-state index contributed by atoms with van der Waals surface area (Å²) in [6.45, 7) is 3.39. The normalized spacial score (nSPS) is 12.8. The van der Waals surface area contributed by atoms with Gasteiger partial charge in [-0.05, 0) is 26.0 Å². The van der Waals surface area contributed by atoms with Crippen LogP contribution >= 0.6 is 0 Å². The summed E-state index contributed by atoms with van der Waals surface area (Å²) < 4.78 is 25.2. The zero-order chi connectivity index (χ0) is 12.2. The number of sulfonamides is 1. The lowest BCUT2D eigenvalue weighted by molar-refractivity contribution is 0.587. The van der Waals surface area contributed by atoms with Crippen LogP contribution in [0.15, 0.2) is 24.5 Å². The number of nitriles is 1. The Balaban J connectivity index is 3.15. The van der Waals surface area contributed by atoms with Crippen LogP contribution < -0.4 is 4.31 Å². The smallest absolute Gasteiger partial charge is 0.251 e. The zero-order valence-corrected chi connectivity index (χ0v) is 9.98. The van der Waals surface area contributed by atoms with Crippen molar-refractivity contribution in [2.45, 2.75) is 19.1 Å². The maximum absolute atomic E-state index is 12.0. The van der Waals surface area contributed by atoms with Crippen LogP contribution in [0.1, 0.15) is 13.8 Å². The van der Waals surface area contributed by atoms with Gasteiger partial charge in [0.15, 0.2) is 5.25 Å². The third kappa shape index (κ3) is 2.31. The van der Waals surface area contributed by atoms with E-state index in [1.807, 2.05) is 0 Å². The molecule has 0 amide bonds. The Morgan fingerprint density at radius 3 is 2.50 bits per heavy atom. The maximum atomic E-state index is 12.0. The van der Waals surface area contributed by atoms with E-state index in [-0.39, 0.29) is 0 Å². The van der Waals surface area contributed by atoms with E-state index in [0.717, 1.165) is 0 Å². The Bertz CT molecular complexity index is 479. The molecule has 1 rings (SSSR count). The first-order valence-corrected chi connectivity index (χ1v) is 6.35. The van der Waals surface area contributed by atoms with Gasteiger partial charge in [-0.2, -0.15) is 5.26 Å². The molecule has 6 heteroatoms. The molecule has 86 valence electrons. The summed E-state index contributed by atoms with van der Waals surface area (Å²) in [5.74, 6) is 0. The van der Waals surface area contributed by atoms with Crippen molar-refractivity contribution in [3.63, 3.8) is 0 Å². The van der Waals surface area contributed by atoms with E-state index in [1.165, 1.54) is 23.6 Å². The molecule has 0 spiro atoms. The number of aromatic nitrogens is 1. The molecule has 1 aromatic heterocycles. The van der Waals surface area contributed by atoms with Gasteiger partial charge in [0.05, 0.1) is 11.8 Å². The number of hydrogen-bond donors (Lipinski definition) is 0. The quantitative estimate of drug-likeness (QED) is 0.790. The van der Waals surface area contributed by atoms with Crippen LogP contribution in [0.3, 0.4) is 0 Å². The summed E-state index contributed by atoms with van der Waals surface area (Å²) in [6, 6.07) is 4.95. The van der Waals surface area contributed by atoms with Crippen LogP contribution in [-0.2, 0) is 10.0 Å². The van der Waals surface area contributed by atoms with Crippen LogP contribution in [-0.4, -0.2) is 25.2 Å². The second-order valence-electron chi connectivity index (χ2n) is 3.19. The molecule has 0 aromatic carbocycles. The molecule has 5 nitrogen and oxygen atoms in total. The molecule has 1 atom stereocenters. The summed E-state index contributed by atoms with van der Waals surface area (Å²) in [4.78, 5) is 3.82. The van der Waals surface area contributed by atoms with Gasteiger partial charge in [0.1, 0.15) is 0 Å². The molecule has 1 aromatic rings. The molecule has 0 aliphatic rings. The van der Waals surface area contributed by atoms with E-state index >= 15 is 0 Å². The second kappa shape index (κ2) is 4.94. The first-order valence-electron chi connectivity index (χ1n) is 4.85. The number of hydrogen-bond acceptors (Lipinski definition) is 4. The van der Waals surface area contributed by atoms with Crippen molar-refractivity contribution in [1.82, 2.24) is 4.98 Å². The Labute approximate surface area is 95.4 Å². The summed E-state index contributed by atoms with van der Waals surface area (Å²) in [6.07, 6.45) is 3.04. The Morgan fingerprint density at radius 2 is 2.06 bits per heavy atom. The fourth-order valence-electron chi connectivity index (χ4n) is 1.28. The second-order valence-corrected chi connectivity index (χ2v) is 5.36. The van der Waals surface area contributed by atoms with Crippen LogP contribution in [0.5, 0.6) is 0 Å². The van der Waals surface area contributed by atoms with Crippen LogP contribution in [0, 0.1) is 11.3 Å². The number of nitrogens with zero attached hydrogens (tertiary/aromatic N) is 3. The van der Waals surface area contributed by atoms with Gasteiger partial charge in [0, 0.05) is 18.9 Å². The lowest BCUT2D eigenvalue weighted by Gasteiger charge is -2.23. The molecule has 0 fully saturated rings. The van der Waals surface area contributed by atoms with Crippen molar-refractivity contribution >= 4 is 15.7 Å². The van der Waals surface area contributed by atoms with Gasteiger partial charge < -0.3 is 0 Å². The van der Waals surface area contributed by atoms with Crippen molar-refractivity contribution in [3.8, 4) is 6.07 Å². The molecule has 0 saturated heterocycles. The summed E-state index contributed by atoms with van der Waals surface area (Å²) in [5.41, 5.74) is 0.527. The average Bonchev–Trinajstić information content (AvgIpc) is 2.30. The standard InChI is InChI=1S/C10H13N3O2S/c1-3-13(10-4-6-12-7-5-10)16(14,15)9(2)8-11/h4-7,9H,3H2,1-2H3. The molecule has 0 aliphatic carbocycles. The molecule has 0 N–H and O–H groups in total. The molecule has 0 radical (unpaired) electrons. The molecule has 0 saturated carbocycles. The third-order valence-electron chi connectivity index (χ3n) is 2.17. The fraction of sp³-hybridized carbons (Fsp3) is 0.400. The molecular formula is C10H13N3O2S. The van der Waals surface area contributed by atoms with Crippen LogP contribution in [0.2, 0.25) is 0 Å². The molecule has 16 heavy (non-hydrogen) atoms. The maximum Gasteiger partial charge on any atom is 0.251 e. The predicted molar refractivity (Wildman–Crippen MR) is 61.3 cm³/mol. The molecular weight excluding hydrogens is 226 g/mol. The van der Waals surface area contributed by atoms with E-state index in [4.69, 9.17) is 5.26 Å². The molecule has 0 bridgehead atoms. The van der Waals surface area contributed by atoms with E-state index in [2.05, 4.69) is 4.98 Å². The fourth-order valence-corrected chi connectivity index (χ4v) is 2.57. The Kier molecular flexibility index (Phi) is 3.85. The van der Waals surface area contributed by atoms with E-state index in [1.54, 1.807) is 25.1 Å². The van der Waals surface area contributed by atoms with Gasteiger partial charge in [-0.3, -0.25) is 9.29 Å². The van der Waals surface area contributed by atoms with Gasteiger partial charge >= 0.3 is 0 Å². The van der Waals surface area contributed by atoms with Gasteiger partial charge in [-0.1, -0.05) is 0 Å². The van der Waals surface area contributed by atoms with Crippen LogP contribution in [0.25, 0.3) is 0 Å². The highest BCUT2D eigenvalue weighted by Crippen LogP contribution is 2.19. The highest BCUT2D eigenvalue weighted by atomic mass is 32.2. The van der Waals surface area contributed by atoms with E-state index in [0.29, 0.717) is 12.2 Å². The lowest BCUT2D eigenvalue weighted by Crippen LogP contribution is -2.36. The minimum atomic E-state index is -3.61. The summed E-state index contributed by atoms with van der Waals surface area (Å²) in [7, 11) is -3.61. The zero-order valence-electron chi connectivity index (χ0n) is 9.16. The van der Waals surface area contributed by atoms with E-state index < -0.39 is 15.3 Å². The average molecular weight is 239 g/mol. The van der Waals surface area contributed by atoms with Gasteiger partial charge in [0.25, 0.3) is 10.0 Å². The topological polar surface area (TPSA) is 74.1 Å². The number of pyridine rings is 1. The third-order valence-corrected chi connectivity index (χ3v) is 4.26. The van der Waals surface area contributed by atoms with Crippen molar-refractivity contribution in [1.29, 1.82) is 5.26 Å². The highest BCUT2D eigenvalue weighted by Gasteiger charge is 2.27. The van der Waals surface area contributed by atoms with Crippen molar-refractivity contribution in [2.75, 3.05) is 10.8 Å². The monoisotopic (exact) mass is 239 g/mol. The summed E-state index contributed by atoms with van der Waals surface area (Å²) >= 11 is 0. The molecule has 1 heterocycles. The predicted octanol–water partition coefficient (Wildman–Crippen LogP) is 1.15. The highest BCUT2D eigenvalue weighted by molar-refractivity contribution is 7.93. The Hall–Kier alpha value is -1.61. The molecule has 1 unspecified atom stereocenters. The number of anilines is 1. The minimum absolute atomic E-state index is 0.290. The van der Waals surface area contributed by atoms with Gasteiger partial charge in [0.2, 0.25) is 0 Å². The largest absolute Gasteiger partial charge is 0.269 e. The number of rotatable bonds is 4. The first-order chi connectivity index (χ1) is 7.54. The van der Waals surface area contributed by atoms with Gasteiger partial charge in [-0.25, -0.2) is 8.42 Å². The van der Waals surface area contributed by atoms with Crippen molar-refractivity contribution in [2.24, 2.45) is 0 Å². The Morgan fingerprint density at radius 1 is 1.50 bits per heavy atom.